The van der Waals surface area contributed by atoms with E-state index in [1.807, 2.05) is 6.92 Å². The van der Waals surface area contributed by atoms with E-state index in [-0.39, 0.29) is 32.9 Å². The van der Waals surface area contributed by atoms with Gasteiger partial charge in [0.15, 0.2) is 0 Å². The van der Waals surface area contributed by atoms with Gasteiger partial charge in [0.2, 0.25) is 0 Å². The highest BCUT2D eigenvalue weighted by atomic mass is 16.7. The first-order chi connectivity index (χ1) is 10.8. The maximum absolute atomic E-state index is 9.84. The second kappa shape index (κ2) is 13.0. The van der Waals surface area contributed by atoms with Crippen LogP contribution in [0.1, 0.15) is 34.1 Å². The zero-order chi connectivity index (χ0) is 17.8. The molecule has 0 spiro atoms. The quantitative estimate of drug-likeness (QED) is 0.250. The molecule has 0 aromatic rings. The van der Waals surface area contributed by atoms with E-state index in [9.17, 15) is 15.3 Å². The smallest absolute Gasteiger partial charge is 0.147 e. The molecule has 0 saturated heterocycles. The van der Waals surface area contributed by atoms with E-state index in [0.717, 1.165) is 0 Å². The summed E-state index contributed by atoms with van der Waals surface area (Å²) in [5, 5.41) is 37.7. The first-order valence-electron chi connectivity index (χ1n) is 7.90. The molecule has 4 N–H and O–H groups in total. The van der Waals surface area contributed by atoms with E-state index in [0.29, 0.717) is 6.42 Å². The Bertz CT molecular complexity index is 276. The van der Waals surface area contributed by atoms with E-state index in [4.69, 9.17) is 24.1 Å². The fourth-order valence-corrected chi connectivity index (χ4v) is 1.48. The summed E-state index contributed by atoms with van der Waals surface area (Å²) in [7, 11) is 0. The van der Waals surface area contributed by atoms with Crippen LogP contribution < -0.4 is 0 Å². The molecule has 0 aliphatic carbocycles. The lowest BCUT2D eigenvalue weighted by Gasteiger charge is -2.21. The third-order valence-corrected chi connectivity index (χ3v) is 3.46. The Kier molecular flexibility index (Phi) is 12.8. The van der Waals surface area contributed by atoms with Crippen molar-refractivity contribution in [3.05, 3.63) is 0 Å². The summed E-state index contributed by atoms with van der Waals surface area (Å²) in [6.45, 7) is 6.55. The lowest BCUT2D eigenvalue weighted by Crippen LogP contribution is -2.33. The fraction of sp³-hybridized carbons (Fsp3) is 1.00. The Labute approximate surface area is 137 Å². The molecule has 0 radical (unpaired) electrons. The highest BCUT2D eigenvalue weighted by Gasteiger charge is 2.17. The monoisotopic (exact) mass is 340 g/mol. The number of ether oxygens (including phenoxy) is 4. The van der Waals surface area contributed by atoms with Crippen molar-refractivity contribution in [3.63, 3.8) is 0 Å². The average Bonchev–Trinajstić information content (AvgIpc) is 2.53. The Hall–Kier alpha value is -0.320. The molecule has 0 amide bonds. The first-order valence-corrected chi connectivity index (χ1v) is 7.90. The van der Waals surface area contributed by atoms with Crippen molar-refractivity contribution in [1.29, 1.82) is 0 Å². The molecule has 0 aromatic carbocycles. The molecule has 0 saturated carbocycles. The predicted molar refractivity (Wildman–Crippen MR) is 82.7 cm³/mol. The van der Waals surface area contributed by atoms with Crippen molar-refractivity contribution in [1.82, 2.24) is 0 Å². The lowest BCUT2D eigenvalue weighted by molar-refractivity contribution is -0.164. The van der Waals surface area contributed by atoms with Crippen LogP contribution in [0.25, 0.3) is 0 Å². The summed E-state index contributed by atoms with van der Waals surface area (Å²) in [4.78, 5) is 0. The number of hydrogen-bond donors (Lipinski definition) is 4. The Morgan fingerprint density at radius 2 is 1.13 bits per heavy atom. The van der Waals surface area contributed by atoms with Crippen molar-refractivity contribution < 1.29 is 39.4 Å². The van der Waals surface area contributed by atoms with Gasteiger partial charge in [-0.05, 0) is 27.2 Å². The summed E-state index contributed by atoms with van der Waals surface area (Å²) >= 11 is 0. The van der Waals surface area contributed by atoms with Gasteiger partial charge in [0, 0.05) is 0 Å². The Morgan fingerprint density at radius 1 is 0.696 bits per heavy atom. The van der Waals surface area contributed by atoms with Gasteiger partial charge in [-0.3, -0.25) is 0 Å². The molecule has 0 bridgehead atoms. The Morgan fingerprint density at radius 3 is 1.57 bits per heavy atom. The van der Waals surface area contributed by atoms with Gasteiger partial charge in [-0.15, -0.1) is 0 Å². The minimum atomic E-state index is -0.972. The molecule has 23 heavy (non-hydrogen) atoms. The van der Waals surface area contributed by atoms with E-state index in [2.05, 4.69) is 0 Å². The third kappa shape index (κ3) is 11.0. The van der Waals surface area contributed by atoms with Gasteiger partial charge in [0.05, 0.1) is 37.6 Å². The van der Waals surface area contributed by atoms with Crippen molar-refractivity contribution in [2.75, 3.05) is 26.8 Å². The molecule has 0 aromatic heterocycles. The molecule has 0 aliphatic heterocycles. The number of rotatable bonds is 14. The molecule has 3 unspecified atom stereocenters. The number of hydrogen-bond acceptors (Lipinski definition) is 8. The van der Waals surface area contributed by atoms with Gasteiger partial charge < -0.3 is 39.4 Å². The van der Waals surface area contributed by atoms with Crippen LogP contribution in [0.4, 0.5) is 0 Å². The standard InChI is InChI=1S/C15H32O8/c1-5-13(17)11(3)22-9-21-7-15(19)12(4)23-8-20-6-14(18)10(2)16/h10-19H,5-9H2,1-4H3/t10?,11?,12?,13-,14-,15+/m0/s1. The Balaban J connectivity index is 3.68. The summed E-state index contributed by atoms with van der Waals surface area (Å²) in [5.41, 5.74) is 0. The summed E-state index contributed by atoms with van der Waals surface area (Å²) < 4.78 is 20.7. The highest BCUT2D eigenvalue weighted by molar-refractivity contribution is 4.63. The van der Waals surface area contributed by atoms with Gasteiger partial charge in [0.1, 0.15) is 25.8 Å². The van der Waals surface area contributed by atoms with Gasteiger partial charge >= 0.3 is 0 Å². The van der Waals surface area contributed by atoms with Crippen LogP contribution in [-0.4, -0.2) is 83.8 Å². The molecule has 8 heteroatoms. The molecule has 140 valence electrons. The minimum Gasteiger partial charge on any atom is -0.391 e. The van der Waals surface area contributed by atoms with E-state index in [1.54, 1.807) is 13.8 Å². The maximum atomic E-state index is 9.84. The second-order valence-corrected chi connectivity index (χ2v) is 5.57. The third-order valence-electron chi connectivity index (χ3n) is 3.46. The molecule has 0 aliphatic rings. The molecular formula is C15H32O8. The lowest BCUT2D eigenvalue weighted by atomic mass is 10.2. The zero-order valence-electron chi connectivity index (χ0n) is 14.4. The minimum absolute atomic E-state index is 0.0202. The number of aliphatic hydroxyl groups excluding tert-OH is 4. The van der Waals surface area contributed by atoms with Crippen LogP contribution in [0, 0.1) is 0 Å². The van der Waals surface area contributed by atoms with Gasteiger partial charge in [-0.2, -0.15) is 0 Å². The molecule has 6 atom stereocenters. The van der Waals surface area contributed by atoms with E-state index >= 15 is 0 Å². The topological polar surface area (TPSA) is 118 Å². The highest BCUT2D eigenvalue weighted by Crippen LogP contribution is 2.04. The maximum Gasteiger partial charge on any atom is 0.147 e. The van der Waals surface area contributed by atoms with Crippen LogP contribution in [0.5, 0.6) is 0 Å². The summed E-state index contributed by atoms with van der Waals surface area (Å²) in [6.07, 6.45) is -3.52. The van der Waals surface area contributed by atoms with Crippen LogP contribution in [0.15, 0.2) is 0 Å². The molecule has 0 rings (SSSR count). The van der Waals surface area contributed by atoms with Crippen molar-refractivity contribution in [2.45, 2.75) is 70.7 Å². The largest absolute Gasteiger partial charge is 0.391 e. The zero-order valence-corrected chi connectivity index (χ0v) is 14.4. The average molecular weight is 340 g/mol. The normalized spacial score (nSPS) is 19.8. The molecule has 0 heterocycles. The van der Waals surface area contributed by atoms with Gasteiger partial charge in [-0.25, -0.2) is 0 Å². The predicted octanol–water partition coefficient (Wildman–Crippen LogP) is -0.382. The van der Waals surface area contributed by atoms with Gasteiger partial charge in [0.25, 0.3) is 0 Å². The van der Waals surface area contributed by atoms with Crippen molar-refractivity contribution in [3.8, 4) is 0 Å². The summed E-state index contributed by atoms with van der Waals surface area (Å²) in [6, 6.07) is 0. The van der Waals surface area contributed by atoms with Crippen LogP contribution >= 0.6 is 0 Å². The van der Waals surface area contributed by atoms with Crippen molar-refractivity contribution >= 4 is 0 Å². The molecule has 8 nitrogen and oxygen atoms in total. The van der Waals surface area contributed by atoms with E-state index in [1.165, 1.54) is 6.92 Å². The molecular weight excluding hydrogens is 308 g/mol. The number of aliphatic hydroxyl groups is 4. The fourth-order valence-electron chi connectivity index (χ4n) is 1.48. The summed E-state index contributed by atoms with van der Waals surface area (Å²) in [5.74, 6) is 0. The van der Waals surface area contributed by atoms with E-state index < -0.39 is 30.5 Å². The van der Waals surface area contributed by atoms with Crippen LogP contribution in [0.2, 0.25) is 0 Å². The first kappa shape index (κ1) is 22.7. The van der Waals surface area contributed by atoms with Crippen LogP contribution in [0.3, 0.4) is 0 Å². The SMILES string of the molecule is CC[C@H](O)C(C)OCOC[C@@H](O)C(C)OCOC[C@H](O)C(C)O. The van der Waals surface area contributed by atoms with Gasteiger partial charge in [-0.1, -0.05) is 6.92 Å². The second-order valence-electron chi connectivity index (χ2n) is 5.57. The van der Waals surface area contributed by atoms with Crippen LogP contribution in [-0.2, 0) is 18.9 Å². The van der Waals surface area contributed by atoms with Crippen molar-refractivity contribution in [2.24, 2.45) is 0 Å². The molecule has 0 fully saturated rings.